The Labute approximate surface area is 205 Å². The van der Waals surface area contributed by atoms with Gasteiger partial charge in [-0.3, -0.25) is 19.4 Å². The molecule has 0 spiro atoms. The minimum Gasteiger partial charge on any atom is -0.494 e. The first-order chi connectivity index (χ1) is 17.2. The van der Waals surface area contributed by atoms with Gasteiger partial charge in [0.25, 0.3) is 5.91 Å². The molecule has 7 heteroatoms. The molecule has 180 valence electrons. The first-order valence-electron chi connectivity index (χ1n) is 12.0. The highest BCUT2D eigenvalue weighted by Crippen LogP contribution is 2.38. The van der Waals surface area contributed by atoms with E-state index in [0.29, 0.717) is 29.2 Å². The number of ether oxygens (including phenoxy) is 2. The van der Waals surface area contributed by atoms with Gasteiger partial charge in [-0.2, -0.15) is 0 Å². The highest BCUT2D eigenvalue weighted by molar-refractivity contribution is 6.17. The molecule has 2 aliphatic heterocycles. The number of carbonyl (C=O) groups excluding carboxylic acids is 2. The lowest BCUT2D eigenvalue weighted by molar-refractivity contribution is -0.117. The van der Waals surface area contributed by atoms with Crippen molar-refractivity contribution in [3.8, 4) is 5.75 Å². The zero-order valence-corrected chi connectivity index (χ0v) is 19.6. The van der Waals surface area contributed by atoms with Crippen molar-refractivity contribution >= 4 is 28.9 Å². The van der Waals surface area contributed by atoms with Crippen LogP contribution in [0, 0.1) is 0 Å². The van der Waals surface area contributed by atoms with Gasteiger partial charge in [-0.15, -0.1) is 0 Å². The molecule has 2 aliphatic rings. The summed E-state index contributed by atoms with van der Waals surface area (Å²) in [5.41, 5.74) is 3.21. The van der Waals surface area contributed by atoms with Crippen LogP contribution in [0.4, 0.5) is 17.1 Å². The molecule has 1 fully saturated rings. The SMILES string of the molecule is O=C1Nc2ccccc2N(C(=O)Cc2ccc(OCCCN3CCOCC3)cc2)c2ccccc21. The Hall–Kier alpha value is -3.68. The van der Waals surface area contributed by atoms with Gasteiger partial charge in [0.05, 0.1) is 48.9 Å². The molecule has 0 bridgehead atoms. The number of anilines is 3. The summed E-state index contributed by atoms with van der Waals surface area (Å²) in [5.74, 6) is 0.461. The van der Waals surface area contributed by atoms with Gasteiger partial charge in [0.1, 0.15) is 5.75 Å². The predicted octanol–water partition coefficient (Wildman–Crippen LogP) is 4.26. The van der Waals surface area contributed by atoms with Crippen molar-refractivity contribution in [1.82, 2.24) is 4.90 Å². The Kier molecular flexibility index (Phi) is 7.07. The van der Waals surface area contributed by atoms with E-state index in [1.165, 1.54) is 0 Å². The topological polar surface area (TPSA) is 71.1 Å². The molecule has 1 saturated heterocycles. The summed E-state index contributed by atoms with van der Waals surface area (Å²) in [6, 6.07) is 22.2. The molecular formula is C28H29N3O4. The number of hydrogen-bond acceptors (Lipinski definition) is 5. The van der Waals surface area contributed by atoms with Crippen LogP contribution >= 0.6 is 0 Å². The van der Waals surface area contributed by atoms with Crippen molar-refractivity contribution in [2.75, 3.05) is 49.7 Å². The van der Waals surface area contributed by atoms with Crippen molar-refractivity contribution in [3.63, 3.8) is 0 Å². The quantitative estimate of drug-likeness (QED) is 0.522. The summed E-state index contributed by atoms with van der Waals surface area (Å²) in [6.45, 7) is 5.24. The van der Waals surface area contributed by atoms with Crippen LogP contribution in [0.2, 0.25) is 0 Å². The third kappa shape index (κ3) is 5.37. The number of para-hydroxylation sites is 3. The third-order valence-electron chi connectivity index (χ3n) is 6.30. The normalized spacial score (nSPS) is 15.5. The summed E-state index contributed by atoms with van der Waals surface area (Å²) in [4.78, 5) is 30.3. The number of rotatable bonds is 7. The molecule has 0 aromatic heterocycles. The van der Waals surface area contributed by atoms with Crippen LogP contribution in [-0.4, -0.2) is 56.2 Å². The molecule has 7 nitrogen and oxygen atoms in total. The predicted molar refractivity (Wildman–Crippen MR) is 136 cm³/mol. The molecule has 3 aromatic rings. The summed E-state index contributed by atoms with van der Waals surface area (Å²) < 4.78 is 11.3. The van der Waals surface area contributed by atoms with E-state index in [2.05, 4.69) is 10.2 Å². The van der Waals surface area contributed by atoms with Crippen molar-refractivity contribution in [2.24, 2.45) is 0 Å². The van der Waals surface area contributed by atoms with Gasteiger partial charge in [0.2, 0.25) is 5.91 Å². The number of amides is 2. The second kappa shape index (κ2) is 10.7. The molecule has 0 atom stereocenters. The summed E-state index contributed by atoms with van der Waals surface area (Å²) in [6.07, 6.45) is 1.16. The maximum atomic E-state index is 13.5. The molecule has 2 amide bonds. The zero-order chi connectivity index (χ0) is 24.0. The standard InChI is InChI=1S/C28H29N3O4/c32-27(20-21-10-12-22(13-11-21)35-17-5-14-30-15-18-34-19-16-30)31-25-8-3-1-6-23(25)28(33)29-24-7-2-4-9-26(24)31/h1-4,6-13H,5,14-20H2,(H,29,33). The Bertz CT molecular complexity index is 1190. The molecular weight excluding hydrogens is 442 g/mol. The highest BCUT2D eigenvalue weighted by Gasteiger charge is 2.28. The van der Waals surface area contributed by atoms with E-state index >= 15 is 0 Å². The summed E-state index contributed by atoms with van der Waals surface area (Å²) in [5, 5.41) is 2.92. The zero-order valence-electron chi connectivity index (χ0n) is 19.6. The second-order valence-corrected chi connectivity index (χ2v) is 8.69. The smallest absolute Gasteiger partial charge is 0.257 e. The van der Waals surface area contributed by atoms with Crippen LogP contribution in [0.1, 0.15) is 22.3 Å². The number of morpholine rings is 1. The van der Waals surface area contributed by atoms with Crippen LogP contribution in [-0.2, 0) is 16.0 Å². The van der Waals surface area contributed by atoms with Crippen LogP contribution in [0.15, 0.2) is 72.8 Å². The first-order valence-corrected chi connectivity index (χ1v) is 12.0. The lowest BCUT2D eigenvalue weighted by Gasteiger charge is -2.26. The van der Waals surface area contributed by atoms with Crippen LogP contribution in [0.5, 0.6) is 5.75 Å². The van der Waals surface area contributed by atoms with Crippen LogP contribution < -0.4 is 15.0 Å². The Balaban J connectivity index is 1.25. The molecule has 0 saturated carbocycles. The van der Waals surface area contributed by atoms with Gasteiger partial charge < -0.3 is 14.8 Å². The number of benzene rings is 3. The second-order valence-electron chi connectivity index (χ2n) is 8.69. The molecule has 0 aliphatic carbocycles. The van der Waals surface area contributed by atoms with Gasteiger partial charge in [-0.05, 0) is 48.4 Å². The monoisotopic (exact) mass is 471 g/mol. The lowest BCUT2D eigenvalue weighted by atomic mass is 10.1. The third-order valence-corrected chi connectivity index (χ3v) is 6.30. The number of nitrogens with zero attached hydrogens (tertiary/aromatic N) is 2. The maximum Gasteiger partial charge on any atom is 0.257 e. The van der Waals surface area contributed by atoms with Crippen molar-refractivity contribution in [3.05, 3.63) is 83.9 Å². The van der Waals surface area contributed by atoms with Gasteiger partial charge in [-0.25, -0.2) is 0 Å². The van der Waals surface area contributed by atoms with E-state index in [-0.39, 0.29) is 18.2 Å². The number of fused-ring (bicyclic) bond motifs is 2. The fourth-order valence-corrected chi connectivity index (χ4v) is 4.48. The summed E-state index contributed by atoms with van der Waals surface area (Å²) in [7, 11) is 0. The molecule has 2 heterocycles. The van der Waals surface area contributed by atoms with E-state index < -0.39 is 0 Å². The molecule has 35 heavy (non-hydrogen) atoms. The Morgan fingerprint density at radius 3 is 2.43 bits per heavy atom. The van der Waals surface area contributed by atoms with Gasteiger partial charge in [0, 0.05) is 19.6 Å². The van der Waals surface area contributed by atoms with Gasteiger partial charge in [0.15, 0.2) is 0 Å². The molecule has 0 radical (unpaired) electrons. The average Bonchev–Trinajstić information content (AvgIpc) is 3.02. The van der Waals surface area contributed by atoms with Crippen molar-refractivity contribution < 1.29 is 19.1 Å². The van der Waals surface area contributed by atoms with Crippen molar-refractivity contribution in [1.29, 1.82) is 0 Å². The van der Waals surface area contributed by atoms with E-state index in [4.69, 9.17) is 9.47 Å². The average molecular weight is 472 g/mol. The largest absolute Gasteiger partial charge is 0.494 e. The fraction of sp³-hybridized carbons (Fsp3) is 0.286. The Morgan fingerprint density at radius 2 is 1.63 bits per heavy atom. The van der Waals surface area contributed by atoms with Gasteiger partial charge in [-0.1, -0.05) is 36.4 Å². The van der Waals surface area contributed by atoms with E-state index in [1.54, 1.807) is 17.0 Å². The van der Waals surface area contributed by atoms with E-state index in [1.807, 2.05) is 60.7 Å². The highest BCUT2D eigenvalue weighted by atomic mass is 16.5. The molecule has 0 unspecified atom stereocenters. The molecule has 3 aromatic carbocycles. The number of hydrogen-bond donors (Lipinski definition) is 1. The fourth-order valence-electron chi connectivity index (χ4n) is 4.48. The van der Waals surface area contributed by atoms with Crippen molar-refractivity contribution in [2.45, 2.75) is 12.8 Å². The minimum absolute atomic E-state index is 0.111. The van der Waals surface area contributed by atoms with E-state index in [0.717, 1.165) is 50.6 Å². The molecule has 1 N–H and O–H groups in total. The van der Waals surface area contributed by atoms with Crippen LogP contribution in [0.3, 0.4) is 0 Å². The Morgan fingerprint density at radius 1 is 0.914 bits per heavy atom. The number of carbonyl (C=O) groups is 2. The lowest BCUT2D eigenvalue weighted by Crippen LogP contribution is -2.37. The maximum absolute atomic E-state index is 13.5. The first kappa shape index (κ1) is 23.1. The molecule has 5 rings (SSSR count). The minimum atomic E-state index is -0.224. The van der Waals surface area contributed by atoms with Gasteiger partial charge >= 0.3 is 0 Å². The summed E-state index contributed by atoms with van der Waals surface area (Å²) >= 11 is 0. The van der Waals surface area contributed by atoms with Crippen LogP contribution in [0.25, 0.3) is 0 Å². The van der Waals surface area contributed by atoms with E-state index in [9.17, 15) is 9.59 Å². The number of nitrogens with one attached hydrogen (secondary N) is 1.